The Balaban J connectivity index is 1.70. The van der Waals surface area contributed by atoms with E-state index in [4.69, 9.17) is 4.42 Å². The van der Waals surface area contributed by atoms with E-state index in [-0.39, 0.29) is 0 Å². The first kappa shape index (κ1) is 16.9. The number of hydrogen-bond donors (Lipinski definition) is 0. The van der Waals surface area contributed by atoms with Gasteiger partial charge in [0, 0.05) is 33.1 Å². The molecule has 24 heavy (non-hydrogen) atoms. The van der Waals surface area contributed by atoms with Crippen LogP contribution in [0.4, 0.5) is 6.01 Å². The molecule has 0 N–H and O–H groups in total. The van der Waals surface area contributed by atoms with E-state index in [1.807, 2.05) is 17.0 Å². The van der Waals surface area contributed by atoms with Crippen molar-refractivity contribution >= 4 is 16.0 Å². The number of piperazine rings is 1. The number of sulfonamides is 1. The molecule has 0 amide bonds. The molecule has 2 aromatic rings. The Morgan fingerprint density at radius 3 is 2.17 bits per heavy atom. The Labute approximate surface area is 142 Å². The van der Waals surface area contributed by atoms with E-state index in [1.54, 1.807) is 19.1 Å². The fourth-order valence-electron chi connectivity index (χ4n) is 2.71. The summed E-state index contributed by atoms with van der Waals surface area (Å²) in [4.78, 5) is 2.25. The van der Waals surface area contributed by atoms with Gasteiger partial charge in [-0.1, -0.05) is 31.1 Å². The Bertz CT molecular complexity index is 791. The molecule has 130 valence electrons. The molecule has 0 radical (unpaired) electrons. The second-order valence-electron chi connectivity index (χ2n) is 6.22. The molecule has 8 heteroatoms. The van der Waals surface area contributed by atoms with Crippen molar-refractivity contribution in [1.82, 2.24) is 14.5 Å². The van der Waals surface area contributed by atoms with Crippen LogP contribution in [0.25, 0.3) is 0 Å². The summed E-state index contributed by atoms with van der Waals surface area (Å²) >= 11 is 0. The topological polar surface area (TPSA) is 79.5 Å². The zero-order chi connectivity index (χ0) is 17.3. The van der Waals surface area contributed by atoms with Gasteiger partial charge in [0.2, 0.25) is 15.9 Å². The van der Waals surface area contributed by atoms with Gasteiger partial charge in [0.1, 0.15) is 0 Å². The minimum Gasteiger partial charge on any atom is -0.408 e. The Morgan fingerprint density at radius 1 is 1.04 bits per heavy atom. The van der Waals surface area contributed by atoms with Gasteiger partial charge in [-0.05, 0) is 23.6 Å². The quantitative estimate of drug-likeness (QED) is 0.839. The molecular formula is C16H22N4O3S. The van der Waals surface area contributed by atoms with Gasteiger partial charge in [0.05, 0.1) is 4.90 Å². The molecule has 1 aliphatic heterocycles. The van der Waals surface area contributed by atoms with Crippen LogP contribution in [0.15, 0.2) is 33.6 Å². The molecule has 0 spiro atoms. The standard InChI is InChI=1S/C16H22N4O3S/c1-12(2)14-4-6-15(7-5-14)24(21,22)20-10-8-19(9-11-20)16-18-17-13(3)23-16/h4-7,12H,8-11H2,1-3H3. The van der Waals surface area contributed by atoms with Gasteiger partial charge in [-0.25, -0.2) is 8.42 Å². The van der Waals surface area contributed by atoms with E-state index in [2.05, 4.69) is 24.0 Å². The number of benzene rings is 1. The van der Waals surface area contributed by atoms with Crippen molar-refractivity contribution in [3.63, 3.8) is 0 Å². The molecule has 2 heterocycles. The third-order valence-electron chi connectivity index (χ3n) is 4.21. The van der Waals surface area contributed by atoms with Gasteiger partial charge in [0.15, 0.2) is 0 Å². The zero-order valence-corrected chi connectivity index (χ0v) is 15.0. The highest BCUT2D eigenvalue weighted by molar-refractivity contribution is 7.89. The molecule has 7 nitrogen and oxygen atoms in total. The smallest absolute Gasteiger partial charge is 0.318 e. The molecule has 0 saturated carbocycles. The largest absolute Gasteiger partial charge is 0.408 e. The predicted octanol–water partition coefficient (Wildman–Crippen LogP) is 2.01. The number of anilines is 1. The lowest BCUT2D eigenvalue weighted by atomic mass is 10.0. The van der Waals surface area contributed by atoms with E-state index >= 15 is 0 Å². The maximum atomic E-state index is 12.8. The number of rotatable bonds is 4. The van der Waals surface area contributed by atoms with Crippen molar-refractivity contribution in [2.24, 2.45) is 0 Å². The number of nitrogens with zero attached hydrogens (tertiary/aromatic N) is 4. The normalized spacial score (nSPS) is 16.8. The zero-order valence-electron chi connectivity index (χ0n) is 14.1. The third kappa shape index (κ3) is 3.29. The molecule has 1 aliphatic rings. The van der Waals surface area contributed by atoms with E-state index < -0.39 is 10.0 Å². The first-order valence-corrected chi connectivity index (χ1v) is 9.47. The van der Waals surface area contributed by atoms with Gasteiger partial charge in [-0.15, -0.1) is 5.10 Å². The van der Waals surface area contributed by atoms with Crippen LogP contribution in [0.3, 0.4) is 0 Å². The fourth-order valence-corrected chi connectivity index (χ4v) is 4.13. The van der Waals surface area contributed by atoms with Gasteiger partial charge < -0.3 is 9.32 Å². The van der Waals surface area contributed by atoms with Crippen molar-refractivity contribution in [1.29, 1.82) is 0 Å². The summed E-state index contributed by atoms with van der Waals surface area (Å²) in [5.41, 5.74) is 1.13. The number of hydrogen-bond acceptors (Lipinski definition) is 6. The molecule has 1 aromatic heterocycles. The monoisotopic (exact) mass is 350 g/mol. The fraction of sp³-hybridized carbons (Fsp3) is 0.500. The number of aryl methyl sites for hydroxylation is 1. The van der Waals surface area contributed by atoms with Crippen LogP contribution >= 0.6 is 0 Å². The Hall–Kier alpha value is -1.93. The van der Waals surface area contributed by atoms with Gasteiger partial charge in [-0.3, -0.25) is 0 Å². The predicted molar refractivity (Wildman–Crippen MR) is 90.5 cm³/mol. The van der Waals surface area contributed by atoms with Crippen molar-refractivity contribution in [3.05, 3.63) is 35.7 Å². The number of aromatic nitrogens is 2. The van der Waals surface area contributed by atoms with E-state index in [0.29, 0.717) is 48.9 Å². The van der Waals surface area contributed by atoms with Crippen LogP contribution < -0.4 is 4.90 Å². The molecule has 0 atom stereocenters. The summed E-state index contributed by atoms with van der Waals surface area (Å²) < 4.78 is 32.5. The first-order chi connectivity index (χ1) is 11.4. The van der Waals surface area contributed by atoms with Gasteiger partial charge >= 0.3 is 6.01 Å². The molecule has 0 aliphatic carbocycles. The minimum atomic E-state index is -3.46. The molecule has 0 unspecified atom stereocenters. The lowest BCUT2D eigenvalue weighted by Gasteiger charge is -2.32. The van der Waals surface area contributed by atoms with Crippen molar-refractivity contribution in [2.75, 3.05) is 31.1 Å². The van der Waals surface area contributed by atoms with Crippen LogP contribution in [0.1, 0.15) is 31.2 Å². The highest BCUT2D eigenvalue weighted by Crippen LogP contribution is 2.22. The Morgan fingerprint density at radius 2 is 1.67 bits per heavy atom. The minimum absolute atomic E-state index is 0.342. The second kappa shape index (κ2) is 6.52. The SMILES string of the molecule is Cc1nnc(N2CCN(S(=O)(=O)c3ccc(C(C)C)cc3)CC2)o1. The highest BCUT2D eigenvalue weighted by atomic mass is 32.2. The molecule has 1 aromatic carbocycles. The summed E-state index contributed by atoms with van der Waals surface area (Å²) in [6.45, 7) is 7.77. The summed E-state index contributed by atoms with van der Waals surface area (Å²) in [5, 5.41) is 7.79. The van der Waals surface area contributed by atoms with Crippen molar-refractivity contribution in [3.8, 4) is 0 Å². The van der Waals surface area contributed by atoms with Crippen LogP contribution in [0, 0.1) is 6.92 Å². The van der Waals surface area contributed by atoms with Crippen LogP contribution in [0.2, 0.25) is 0 Å². The van der Waals surface area contributed by atoms with Gasteiger partial charge in [-0.2, -0.15) is 4.31 Å². The summed E-state index contributed by atoms with van der Waals surface area (Å²) in [7, 11) is -3.46. The third-order valence-corrected chi connectivity index (χ3v) is 6.12. The second-order valence-corrected chi connectivity index (χ2v) is 8.16. The summed E-state index contributed by atoms with van der Waals surface area (Å²) in [6, 6.07) is 7.60. The van der Waals surface area contributed by atoms with Crippen molar-refractivity contribution < 1.29 is 12.8 Å². The summed E-state index contributed by atoms with van der Waals surface area (Å²) in [6.07, 6.45) is 0. The lowest BCUT2D eigenvalue weighted by Crippen LogP contribution is -2.48. The van der Waals surface area contributed by atoms with Crippen LogP contribution in [-0.4, -0.2) is 49.1 Å². The van der Waals surface area contributed by atoms with E-state index in [0.717, 1.165) is 5.56 Å². The average Bonchev–Trinajstić information content (AvgIpc) is 3.01. The molecule has 1 fully saturated rings. The lowest BCUT2D eigenvalue weighted by molar-refractivity contribution is 0.370. The molecule has 0 bridgehead atoms. The average molecular weight is 350 g/mol. The van der Waals surface area contributed by atoms with Gasteiger partial charge in [0.25, 0.3) is 0 Å². The van der Waals surface area contributed by atoms with Crippen LogP contribution in [-0.2, 0) is 10.0 Å². The maximum absolute atomic E-state index is 12.8. The molecular weight excluding hydrogens is 328 g/mol. The highest BCUT2D eigenvalue weighted by Gasteiger charge is 2.30. The van der Waals surface area contributed by atoms with E-state index in [9.17, 15) is 8.42 Å². The Kier molecular flexibility index (Phi) is 4.60. The summed E-state index contributed by atoms with van der Waals surface area (Å²) in [5.74, 6) is 0.883. The van der Waals surface area contributed by atoms with Crippen LogP contribution in [0.5, 0.6) is 0 Å². The first-order valence-electron chi connectivity index (χ1n) is 8.03. The molecule has 3 rings (SSSR count). The maximum Gasteiger partial charge on any atom is 0.318 e. The van der Waals surface area contributed by atoms with Crippen molar-refractivity contribution in [2.45, 2.75) is 31.6 Å². The van der Waals surface area contributed by atoms with E-state index in [1.165, 1.54) is 4.31 Å². The molecule has 1 saturated heterocycles.